The number of nitrogens with two attached hydrogens (primary N) is 1. The first kappa shape index (κ1) is 34.8. The standard InChI is InChI=1S/C36H29N5O11/c1-18(50-36(47)52-40-31(42)11-12-32(40)43)26-13-19(3-10-28(26)41(48)49)17-39-34(44)20-4-7-23(35(45)46)27(14-20)33-24-8-5-21(37)15-29(24)51-30-16-22(38-2)6-9-25(30)33/h3-10,13-16,18H,11-12,17,37H2,1-2H3,(H,39,44)(H,45,46). The lowest BCUT2D eigenvalue weighted by atomic mass is 9.89. The largest absolute Gasteiger partial charge is 0.534 e. The first-order chi connectivity index (χ1) is 24.8. The molecule has 16 nitrogen and oxygen atoms in total. The molecule has 3 aromatic carbocycles. The third-order valence-electron chi connectivity index (χ3n) is 8.39. The number of hydroxylamine groups is 2. The van der Waals surface area contributed by atoms with Crippen molar-refractivity contribution in [3.05, 3.63) is 111 Å². The van der Waals surface area contributed by atoms with Crippen molar-refractivity contribution in [3.8, 4) is 22.5 Å². The molecule has 3 aromatic rings. The summed E-state index contributed by atoms with van der Waals surface area (Å²) in [4.78, 5) is 81.9. The van der Waals surface area contributed by atoms with E-state index in [1.807, 2.05) is 0 Å². The lowest BCUT2D eigenvalue weighted by Gasteiger charge is -2.18. The lowest BCUT2D eigenvalue weighted by Crippen LogP contribution is -2.32. The molecule has 4 N–H and O–H groups in total. The highest BCUT2D eigenvalue weighted by atomic mass is 16.8. The number of hydrogen-bond donors (Lipinski definition) is 3. The summed E-state index contributed by atoms with van der Waals surface area (Å²) < 4.78 is 11.3. The minimum absolute atomic E-state index is 0.0474. The molecule has 1 saturated heterocycles. The summed E-state index contributed by atoms with van der Waals surface area (Å²) in [6, 6.07) is 18.3. The number of hydrogen-bond acceptors (Lipinski definition) is 12. The fraction of sp³-hybridized carbons (Fsp3) is 0.167. The van der Waals surface area contributed by atoms with Crippen LogP contribution in [0.1, 0.15) is 57.7 Å². The van der Waals surface area contributed by atoms with Gasteiger partial charge in [0, 0.05) is 72.4 Å². The average molecular weight is 708 g/mol. The van der Waals surface area contributed by atoms with Crippen molar-refractivity contribution in [3.63, 3.8) is 0 Å². The number of rotatable bonds is 9. The van der Waals surface area contributed by atoms with E-state index in [9.17, 15) is 39.2 Å². The van der Waals surface area contributed by atoms with E-state index in [1.54, 1.807) is 43.4 Å². The van der Waals surface area contributed by atoms with Crippen LogP contribution in [-0.4, -0.2) is 52.0 Å². The third-order valence-corrected chi connectivity index (χ3v) is 8.39. The molecular formula is C36H29N5O11. The number of amides is 3. The number of nitrogens with zero attached hydrogens (tertiary/aromatic N) is 3. The summed E-state index contributed by atoms with van der Waals surface area (Å²) in [6.07, 6.45) is -2.94. The van der Waals surface area contributed by atoms with Crippen LogP contribution in [0.2, 0.25) is 0 Å². The molecule has 1 unspecified atom stereocenters. The van der Waals surface area contributed by atoms with Crippen LogP contribution in [0, 0.1) is 10.1 Å². The maximum Gasteiger partial charge on any atom is 0.534 e. The number of anilines is 1. The van der Waals surface area contributed by atoms with Gasteiger partial charge in [0.25, 0.3) is 23.4 Å². The molecule has 3 aliphatic rings. The highest BCUT2D eigenvalue weighted by molar-refractivity contribution is 6.09. The molecule has 0 aromatic heterocycles. The fourth-order valence-electron chi connectivity index (χ4n) is 5.86. The number of benzene rings is 4. The average Bonchev–Trinajstić information content (AvgIpc) is 3.43. The normalized spacial score (nSPS) is 13.7. The van der Waals surface area contributed by atoms with Crippen molar-refractivity contribution in [2.24, 2.45) is 4.99 Å². The summed E-state index contributed by atoms with van der Waals surface area (Å²) in [5.74, 6) is -2.85. The van der Waals surface area contributed by atoms with Crippen LogP contribution in [0.15, 0.2) is 82.2 Å². The number of ether oxygens (including phenoxy) is 1. The van der Waals surface area contributed by atoms with E-state index >= 15 is 0 Å². The Hall–Kier alpha value is -7.10. The summed E-state index contributed by atoms with van der Waals surface area (Å²) in [5.41, 5.74) is 8.15. The van der Waals surface area contributed by atoms with Gasteiger partial charge < -0.3 is 25.3 Å². The maximum atomic E-state index is 13.5. The second-order valence-corrected chi connectivity index (χ2v) is 11.7. The minimum atomic E-state index is -1.42. The van der Waals surface area contributed by atoms with E-state index in [-0.39, 0.29) is 46.7 Å². The number of aromatic carboxylic acids is 1. The highest BCUT2D eigenvalue weighted by Crippen LogP contribution is 2.42. The van der Waals surface area contributed by atoms with Crippen LogP contribution in [0.25, 0.3) is 33.4 Å². The molecule has 6 rings (SSSR count). The molecule has 1 fully saturated rings. The van der Waals surface area contributed by atoms with E-state index in [0.29, 0.717) is 44.5 Å². The third kappa shape index (κ3) is 6.84. The first-order valence-electron chi connectivity index (χ1n) is 15.7. The number of fused-ring (bicyclic) bond motifs is 2. The number of nitro groups is 1. The van der Waals surface area contributed by atoms with Crippen molar-refractivity contribution in [1.29, 1.82) is 0 Å². The first-order valence-corrected chi connectivity index (χ1v) is 15.7. The molecule has 16 heteroatoms. The molecule has 1 aliphatic carbocycles. The Morgan fingerprint density at radius 1 is 1.02 bits per heavy atom. The molecular weight excluding hydrogens is 678 g/mol. The zero-order chi connectivity index (χ0) is 37.3. The van der Waals surface area contributed by atoms with E-state index in [2.05, 4.69) is 10.3 Å². The fourth-order valence-corrected chi connectivity index (χ4v) is 5.86. The van der Waals surface area contributed by atoms with E-state index in [1.165, 1.54) is 43.3 Å². The van der Waals surface area contributed by atoms with Gasteiger partial charge in [-0.2, -0.15) is 0 Å². The smallest absolute Gasteiger partial charge is 0.478 e. The highest BCUT2D eigenvalue weighted by Gasteiger charge is 2.34. The van der Waals surface area contributed by atoms with Crippen molar-refractivity contribution in [1.82, 2.24) is 10.4 Å². The van der Waals surface area contributed by atoms with Gasteiger partial charge in [-0.3, -0.25) is 34.3 Å². The Balaban J connectivity index is 1.29. The molecule has 52 heavy (non-hydrogen) atoms. The quantitative estimate of drug-likeness (QED) is 0.0452. The van der Waals surface area contributed by atoms with Gasteiger partial charge in [0.2, 0.25) is 0 Å². The van der Waals surface area contributed by atoms with E-state index in [4.69, 9.17) is 19.7 Å². The Bertz CT molecular complexity index is 2350. The van der Waals surface area contributed by atoms with Gasteiger partial charge in [-0.1, -0.05) is 11.1 Å². The van der Waals surface area contributed by atoms with Gasteiger partial charge >= 0.3 is 12.1 Å². The monoisotopic (exact) mass is 707 g/mol. The lowest BCUT2D eigenvalue weighted by molar-refractivity contribution is -0.386. The van der Waals surface area contributed by atoms with Crippen LogP contribution in [0.5, 0.6) is 0 Å². The second kappa shape index (κ2) is 14.0. The Kier molecular flexibility index (Phi) is 9.37. The number of nitrogen functional groups attached to an aromatic ring is 1. The predicted molar refractivity (Wildman–Crippen MR) is 182 cm³/mol. The van der Waals surface area contributed by atoms with Crippen LogP contribution >= 0.6 is 0 Å². The van der Waals surface area contributed by atoms with Gasteiger partial charge in [0.05, 0.1) is 21.4 Å². The van der Waals surface area contributed by atoms with Crippen molar-refractivity contribution in [2.45, 2.75) is 32.4 Å². The van der Waals surface area contributed by atoms with Crippen LogP contribution in [0.3, 0.4) is 0 Å². The Morgan fingerprint density at radius 3 is 2.46 bits per heavy atom. The van der Waals surface area contributed by atoms with Crippen LogP contribution in [-0.2, 0) is 25.7 Å². The molecule has 0 spiro atoms. The molecule has 2 heterocycles. The SMILES string of the molecule is CN=c1ccc2c(-c3cc(C(=O)NCc4ccc([N+](=O)[O-])c(C(C)OC(=O)ON5C(=O)CCC5=O)c4)ccc3C(=O)O)c3ccc(N)cc3oc-2c1. The van der Waals surface area contributed by atoms with Gasteiger partial charge in [-0.25, -0.2) is 9.59 Å². The Labute approximate surface area is 293 Å². The second-order valence-electron chi connectivity index (χ2n) is 11.7. The zero-order valence-electron chi connectivity index (χ0n) is 27.6. The number of carboxylic acid groups (broad SMARTS) is 1. The summed E-state index contributed by atoms with van der Waals surface area (Å²) >= 11 is 0. The molecule has 264 valence electrons. The molecule has 1 atom stereocenters. The molecule has 0 radical (unpaired) electrons. The van der Waals surface area contributed by atoms with E-state index in [0.717, 1.165) is 0 Å². The van der Waals surface area contributed by atoms with Crippen molar-refractivity contribution < 1.29 is 48.0 Å². The number of carboxylic acids is 1. The molecule has 0 saturated carbocycles. The number of carbonyl (C=O) groups excluding carboxylic acids is 4. The molecule has 0 bridgehead atoms. The van der Waals surface area contributed by atoms with Crippen LogP contribution < -0.4 is 16.4 Å². The van der Waals surface area contributed by atoms with Crippen LogP contribution in [0.4, 0.5) is 16.2 Å². The van der Waals surface area contributed by atoms with Gasteiger partial charge in [0.15, 0.2) is 0 Å². The maximum absolute atomic E-state index is 13.5. The molecule has 3 amide bonds. The minimum Gasteiger partial charge on any atom is -0.478 e. The Morgan fingerprint density at radius 2 is 1.77 bits per heavy atom. The van der Waals surface area contributed by atoms with E-state index < -0.39 is 46.6 Å². The number of nitrogens with one attached hydrogen (secondary N) is 1. The predicted octanol–water partition coefficient (Wildman–Crippen LogP) is 5.13. The summed E-state index contributed by atoms with van der Waals surface area (Å²) in [5, 5.41) is 26.2. The molecule has 2 aliphatic heterocycles. The van der Waals surface area contributed by atoms with Crippen molar-refractivity contribution >= 4 is 52.2 Å². The number of nitro benzene ring substituents is 1. The van der Waals surface area contributed by atoms with Gasteiger partial charge in [-0.05, 0) is 66.6 Å². The van der Waals surface area contributed by atoms with Gasteiger partial charge in [0.1, 0.15) is 17.4 Å². The number of carbonyl (C=O) groups is 5. The summed E-state index contributed by atoms with van der Waals surface area (Å²) in [6.45, 7) is 1.20. The van der Waals surface area contributed by atoms with Gasteiger partial charge in [-0.15, -0.1) is 0 Å². The number of imide groups is 1. The topological polar surface area (TPSA) is 234 Å². The van der Waals surface area contributed by atoms with Crippen molar-refractivity contribution in [2.75, 3.05) is 12.8 Å². The summed E-state index contributed by atoms with van der Waals surface area (Å²) in [7, 11) is 1.62. The zero-order valence-corrected chi connectivity index (χ0v) is 27.6.